The zero-order chi connectivity index (χ0) is 19.8. The van der Waals surface area contributed by atoms with Gasteiger partial charge in [-0.25, -0.2) is 0 Å². The van der Waals surface area contributed by atoms with Crippen molar-refractivity contribution < 1.29 is 38.4 Å². The molecule has 2 radical (unpaired) electrons. The molecule has 0 saturated carbocycles. The van der Waals surface area contributed by atoms with E-state index >= 15 is 0 Å². The van der Waals surface area contributed by atoms with E-state index in [0.29, 0.717) is 0 Å². The SMILES string of the molecule is Cc1c(C)c(C)[c-](C)c1C.Cc1c(C)c(C)[c-](C)c1C.[CH-]=O.[Co].[Co].[N-]=O. The van der Waals surface area contributed by atoms with Crippen molar-refractivity contribution in [1.29, 1.82) is 0 Å². The van der Waals surface area contributed by atoms with Crippen LogP contribution in [-0.2, 0) is 38.4 Å². The van der Waals surface area contributed by atoms with E-state index in [-0.39, 0.29) is 33.6 Å². The van der Waals surface area contributed by atoms with Gasteiger partial charge in [0.05, 0.1) is 0 Å². The second kappa shape index (κ2) is 15.1. The fraction of sp³-hybridized carbons (Fsp3) is 0.476. The molecule has 5 heteroatoms. The molecule has 2 aromatic rings. The molecular weight excluding hydrogens is 416 g/mol. The predicted octanol–water partition coefficient (Wildman–Crippen LogP) is 5.94. The smallest absolute Gasteiger partial charge is 0 e. The molecule has 0 unspecified atom stereocenters. The van der Waals surface area contributed by atoms with Gasteiger partial charge in [-0.3, -0.25) is 6.79 Å². The van der Waals surface area contributed by atoms with Crippen molar-refractivity contribution >= 4 is 6.79 Å². The minimum Gasteiger partial charge on any atom is -0.577 e. The summed E-state index contributed by atoms with van der Waals surface area (Å²) in [4.78, 5) is 15.0. The summed E-state index contributed by atoms with van der Waals surface area (Å²) in [6.07, 6.45) is 0. The first-order chi connectivity index (χ1) is 11.1. The molecule has 26 heavy (non-hydrogen) atoms. The third kappa shape index (κ3) is 7.31. The van der Waals surface area contributed by atoms with Gasteiger partial charge in [0.15, 0.2) is 0 Å². The standard InChI is InChI=1S/2C10H15.CHO.2Co.NO/c2*1-6-7(2)9(4)10(5)8(6)3;1-2;;;1-2/h2*1-5H3;1H;;;/q3*-1;;;-1. The maximum absolute atomic E-state index is 7.75. The first-order valence-electron chi connectivity index (χ1n) is 7.92. The third-order valence-electron chi connectivity index (χ3n) is 5.62. The Kier molecular flexibility index (Phi) is 18.9. The summed E-state index contributed by atoms with van der Waals surface area (Å²) in [6, 6.07) is 0. The van der Waals surface area contributed by atoms with Crippen LogP contribution in [0.15, 0.2) is 0 Å². The monoisotopic (exact) mass is 447 g/mol. The van der Waals surface area contributed by atoms with Gasteiger partial charge in [0, 0.05) is 33.6 Å². The number of rotatable bonds is 0. The Balaban J connectivity index is -0.000000147. The summed E-state index contributed by atoms with van der Waals surface area (Å²) in [5.41, 5.74) is 20.4. The molecule has 154 valence electrons. The van der Waals surface area contributed by atoms with Gasteiger partial charge in [-0.15, -0.1) is 0 Å². The quantitative estimate of drug-likeness (QED) is 0.371. The molecule has 0 heterocycles. The van der Waals surface area contributed by atoms with Crippen molar-refractivity contribution in [2.45, 2.75) is 69.2 Å². The predicted molar refractivity (Wildman–Crippen MR) is 105 cm³/mol. The Morgan fingerprint density at radius 3 is 0.692 bits per heavy atom. The molecule has 0 N–H and O–H groups in total. The Bertz CT molecular complexity index is 452. The molecule has 0 spiro atoms. The minimum atomic E-state index is 0. The number of nitrogens with zero attached hydrogens (tertiary/aromatic N) is 1. The maximum atomic E-state index is 7.75. The average molecular weight is 447 g/mol. The molecule has 0 bridgehead atoms. The largest absolute Gasteiger partial charge is 0.577 e. The molecule has 0 aliphatic carbocycles. The second-order valence-corrected chi connectivity index (χ2v) is 6.25. The van der Waals surface area contributed by atoms with E-state index in [2.05, 4.69) is 76.0 Å². The minimum absolute atomic E-state index is 0. The molecule has 0 aromatic heterocycles. The van der Waals surface area contributed by atoms with E-state index in [1.807, 2.05) is 0 Å². The van der Waals surface area contributed by atoms with E-state index in [1.54, 1.807) is 0 Å². The summed E-state index contributed by atoms with van der Waals surface area (Å²) in [6.45, 7) is 25.2. The third-order valence-corrected chi connectivity index (χ3v) is 5.62. The molecule has 0 saturated heterocycles. The van der Waals surface area contributed by atoms with Gasteiger partial charge in [0.25, 0.3) is 0 Å². The Labute approximate surface area is 180 Å². The molecule has 0 fully saturated rings. The summed E-state index contributed by atoms with van der Waals surface area (Å²) in [5.74, 6) is 0. The summed E-state index contributed by atoms with van der Waals surface area (Å²) in [5, 5.41) is 0. The van der Waals surface area contributed by atoms with Crippen LogP contribution in [0.4, 0.5) is 0 Å². The van der Waals surface area contributed by atoms with E-state index in [9.17, 15) is 0 Å². The number of carbonyl (C=O) groups excluding carboxylic acids is 1. The number of hydrogen-bond acceptors (Lipinski definition) is 2. The molecule has 0 aliphatic rings. The fourth-order valence-electron chi connectivity index (χ4n) is 2.81. The topological polar surface area (TPSA) is 56.4 Å². The maximum Gasteiger partial charge on any atom is 0 e. The molecule has 0 amide bonds. The van der Waals surface area contributed by atoms with Gasteiger partial charge >= 0.3 is 0 Å². The van der Waals surface area contributed by atoms with Crippen LogP contribution in [0.5, 0.6) is 0 Å². The first kappa shape index (κ1) is 32.6. The van der Waals surface area contributed by atoms with E-state index in [4.69, 9.17) is 15.3 Å². The Morgan fingerprint density at radius 1 is 0.538 bits per heavy atom. The summed E-state index contributed by atoms with van der Waals surface area (Å²) < 4.78 is 0. The van der Waals surface area contributed by atoms with Gasteiger partial charge in [0.1, 0.15) is 0 Å². The summed E-state index contributed by atoms with van der Waals surface area (Å²) in [7, 11) is 0. The Morgan fingerprint density at radius 2 is 0.654 bits per heavy atom. The van der Waals surface area contributed by atoms with Crippen LogP contribution in [0.3, 0.4) is 0 Å². The van der Waals surface area contributed by atoms with Crippen LogP contribution in [0.2, 0.25) is 0 Å². The van der Waals surface area contributed by atoms with Crippen LogP contribution in [0.1, 0.15) is 55.6 Å². The van der Waals surface area contributed by atoms with Crippen molar-refractivity contribution in [3.05, 3.63) is 66.1 Å². The van der Waals surface area contributed by atoms with Gasteiger partial charge in [-0.2, -0.15) is 55.6 Å². The number of hydrogen-bond donors (Lipinski definition) is 0. The Hall–Kier alpha value is -1.02. The molecule has 2 aromatic carbocycles. The van der Waals surface area contributed by atoms with Crippen molar-refractivity contribution in [3.63, 3.8) is 0 Å². The number of nitroso groups, excluding NO2 is 1. The van der Waals surface area contributed by atoms with Crippen molar-refractivity contribution in [1.82, 2.24) is 0 Å². The van der Waals surface area contributed by atoms with Gasteiger partial charge in [0.2, 0.25) is 0 Å². The van der Waals surface area contributed by atoms with Gasteiger partial charge in [-0.1, -0.05) is 69.2 Å². The zero-order valence-corrected chi connectivity index (χ0v) is 19.6. The van der Waals surface area contributed by atoms with Gasteiger partial charge < -0.3 is 15.3 Å². The van der Waals surface area contributed by atoms with Crippen molar-refractivity contribution in [2.75, 3.05) is 0 Å². The van der Waals surface area contributed by atoms with E-state index < -0.39 is 0 Å². The summed E-state index contributed by atoms with van der Waals surface area (Å²) >= 11 is 0. The average Bonchev–Trinajstić information content (AvgIpc) is 2.89. The molecule has 0 aliphatic heterocycles. The first-order valence-corrected chi connectivity index (χ1v) is 7.92. The zero-order valence-electron chi connectivity index (χ0n) is 17.5. The van der Waals surface area contributed by atoms with Crippen LogP contribution < -0.4 is 0 Å². The van der Waals surface area contributed by atoms with E-state index in [0.717, 1.165) is 0 Å². The van der Waals surface area contributed by atoms with Gasteiger partial charge in [-0.05, 0) is 0 Å². The molecule has 0 atom stereocenters. The fourth-order valence-corrected chi connectivity index (χ4v) is 2.81. The van der Waals surface area contributed by atoms with Crippen molar-refractivity contribution in [2.24, 2.45) is 0 Å². The second-order valence-electron chi connectivity index (χ2n) is 6.25. The van der Waals surface area contributed by atoms with Crippen molar-refractivity contribution in [3.8, 4) is 0 Å². The van der Waals surface area contributed by atoms with Crippen LogP contribution in [-0.4, -0.2) is 6.79 Å². The van der Waals surface area contributed by atoms with Crippen LogP contribution >= 0.6 is 0 Å². The molecule has 2 rings (SSSR count). The van der Waals surface area contributed by atoms with E-state index in [1.165, 1.54) is 55.6 Å². The van der Waals surface area contributed by atoms with Crippen LogP contribution in [0.25, 0.3) is 5.59 Å². The normalized spacial score (nSPS) is 8.38. The molecular formula is C21H31Co2NO2-4. The van der Waals surface area contributed by atoms with Crippen LogP contribution in [0, 0.1) is 74.1 Å². The molecule has 3 nitrogen and oxygen atoms in total.